The van der Waals surface area contributed by atoms with Crippen molar-refractivity contribution < 1.29 is 23.9 Å². The molecule has 0 saturated carbocycles. The lowest BCUT2D eigenvalue weighted by atomic mass is 10.2. The second-order valence-electron chi connectivity index (χ2n) is 6.75. The van der Waals surface area contributed by atoms with E-state index in [1.165, 1.54) is 4.90 Å². The highest BCUT2D eigenvalue weighted by molar-refractivity contribution is 6.01. The van der Waals surface area contributed by atoms with Crippen LogP contribution in [-0.4, -0.2) is 70.1 Å². The topological polar surface area (TPSA) is 114 Å². The number of nitrogens with zero attached hydrogens (tertiary/aromatic N) is 4. The lowest BCUT2D eigenvalue weighted by Crippen LogP contribution is -2.32. The SMILES string of the molecule is CCOC(=O)c1ccn(-c2ccc(NC(=O)CCCN3C(=O)CN(C)C3=O)cc2)n1. The Morgan fingerprint density at radius 3 is 2.53 bits per heavy atom. The molecule has 3 rings (SSSR count). The first-order valence-electron chi connectivity index (χ1n) is 9.57. The van der Waals surface area contributed by atoms with Gasteiger partial charge in [-0.05, 0) is 43.7 Å². The van der Waals surface area contributed by atoms with Gasteiger partial charge in [-0.25, -0.2) is 14.3 Å². The van der Waals surface area contributed by atoms with E-state index in [-0.39, 0.29) is 49.7 Å². The van der Waals surface area contributed by atoms with E-state index in [2.05, 4.69) is 10.4 Å². The highest BCUT2D eigenvalue weighted by Gasteiger charge is 2.32. The molecule has 2 heterocycles. The summed E-state index contributed by atoms with van der Waals surface area (Å²) in [4.78, 5) is 49.9. The summed E-state index contributed by atoms with van der Waals surface area (Å²) in [5.74, 6) is -0.939. The summed E-state index contributed by atoms with van der Waals surface area (Å²) < 4.78 is 6.46. The molecule has 0 aliphatic carbocycles. The third-order valence-electron chi connectivity index (χ3n) is 4.51. The van der Waals surface area contributed by atoms with Gasteiger partial charge < -0.3 is 15.0 Å². The van der Waals surface area contributed by atoms with E-state index in [1.54, 1.807) is 55.2 Å². The molecule has 10 nitrogen and oxygen atoms in total. The van der Waals surface area contributed by atoms with E-state index in [0.29, 0.717) is 12.1 Å². The Labute approximate surface area is 173 Å². The largest absolute Gasteiger partial charge is 0.461 e. The molecule has 0 spiro atoms. The van der Waals surface area contributed by atoms with Crippen molar-refractivity contribution in [1.82, 2.24) is 19.6 Å². The molecule has 10 heteroatoms. The van der Waals surface area contributed by atoms with Gasteiger partial charge in [-0.15, -0.1) is 0 Å². The van der Waals surface area contributed by atoms with Gasteiger partial charge in [0.1, 0.15) is 6.54 Å². The number of nitrogens with one attached hydrogen (secondary N) is 1. The number of hydrogen-bond acceptors (Lipinski definition) is 6. The average Bonchev–Trinajstić information content (AvgIpc) is 3.30. The van der Waals surface area contributed by atoms with Crippen molar-refractivity contribution in [3.05, 3.63) is 42.2 Å². The Morgan fingerprint density at radius 1 is 1.17 bits per heavy atom. The molecule has 1 N–H and O–H groups in total. The molecule has 0 bridgehead atoms. The first-order valence-corrected chi connectivity index (χ1v) is 9.57. The normalized spacial score (nSPS) is 13.7. The van der Waals surface area contributed by atoms with Gasteiger partial charge in [-0.2, -0.15) is 5.10 Å². The predicted octanol–water partition coefficient (Wildman–Crippen LogP) is 1.66. The highest BCUT2D eigenvalue weighted by Crippen LogP contribution is 2.15. The molecule has 1 aromatic heterocycles. The lowest BCUT2D eigenvalue weighted by Gasteiger charge is -2.13. The molecule has 1 fully saturated rings. The number of likely N-dealkylation sites (N-methyl/N-ethyl adjacent to an activating group) is 1. The van der Waals surface area contributed by atoms with E-state index >= 15 is 0 Å². The number of carbonyl (C=O) groups excluding carboxylic acids is 4. The van der Waals surface area contributed by atoms with E-state index in [0.717, 1.165) is 10.6 Å². The summed E-state index contributed by atoms with van der Waals surface area (Å²) in [6.45, 7) is 2.30. The summed E-state index contributed by atoms with van der Waals surface area (Å²) in [5, 5.41) is 6.95. The van der Waals surface area contributed by atoms with Crippen molar-refractivity contribution in [1.29, 1.82) is 0 Å². The number of rotatable bonds is 8. The Morgan fingerprint density at radius 2 is 1.90 bits per heavy atom. The van der Waals surface area contributed by atoms with Crippen molar-refractivity contribution in [3.63, 3.8) is 0 Å². The van der Waals surface area contributed by atoms with E-state index < -0.39 is 5.97 Å². The van der Waals surface area contributed by atoms with Gasteiger partial charge in [0.05, 0.1) is 12.3 Å². The molecule has 1 aromatic carbocycles. The number of esters is 1. The van der Waals surface area contributed by atoms with Crippen LogP contribution in [-0.2, 0) is 14.3 Å². The van der Waals surface area contributed by atoms with Crippen LogP contribution in [0.1, 0.15) is 30.3 Å². The van der Waals surface area contributed by atoms with Gasteiger partial charge in [-0.1, -0.05) is 0 Å². The van der Waals surface area contributed by atoms with Crippen molar-refractivity contribution in [2.24, 2.45) is 0 Å². The minimum atomic E-state index is -0.482. The van der Waals surface area contributed by atoms with Gasteiger partial charge in [0.2, 0.25) is 11.8 Å². The highest BCUT2D eigenvalue weighted by atomic mass is 16.5. The summed E-state index contributed by atoms with van der Waals surface area (Å²) >= 11 is 0. The summed E-state index contributed by atoms with van der Waals surface area (Å²) in [5.41, 5.74) is 1.55. The first kappa shape index (κ1) is 21.0. The minimum absolute atomic E-state index is 0.0783. The number of carbonyl (C=O) groups is 4. The van der Waals surface area contributed by atoms with Crippen LogP contribution in [0.5, 0.6) is 0 Å². The Bertz CT molecular complexity index is 953. The standard InChI is InChI=1S/C20H23N5O5/c1-3-30-19(28)16-10-12-25(22-16)15-8-6-14(7-9-15)21-17(26)5-4-11-24-18(27)13-23(2)20(24)29/h6-10,12H,3-5,11,13H2,1-2H3,(H,21,26). The molecule has 0 atom stereocenters. The fourth-order valence-corrected chi connectivity index (χ4v) is 2.99. The van der Waals surface area contributed by atoms with Crippen LogP contribution in [0.25, 0.3) is 5.69 Å². The Kier molecular flexibility index (Phi) is 6.45. The van der Waals surface area contributed by atoms with Crippen molar-refractivity contribution >= 4 is 29.5 Å². The molecular weight excluding hydrogens is 390 g/mol. The average molecular weight is 413 g/mol. The summed E-state index contributed by atoms with van der Waals surface area (Å²) in [6.07, 6.45) is 2.22. The Balaban J connectivity index is 1.49. The number of urea groups is 1. The molecular formula is C20H23N5O5. The fourth-order valence-electron chi connectivity index (χ4n) is 2.99. The summed E-state index contributed by atoms with van der Waals surface area (Å²) in [6, 6.07) is 8.20. The number of aromatic nitrogens is 2. The molecule has 2 aromatic rings. The van der Waals surface area contributed by atoms with Gasteiger partial charge >= 0.3 is 12.0 Å². The molecule has 1 aliphatic rings. The molecule has 158 valence electrons. The van der Waals surface area contributed by atoms with Crippen LogP contribution in [0.4, 0.5) is 10.5 Å². The van der Waals surface area contributed by atoms with E-state index in [1.807, 2.05) is 0 Å². The zero-order valence-electron chi connectivity index (χ0n) is 16.8. The number of imide groups is 1. The van der Waals surface area contributed by atoms with Crippen LogP contribution in [0.3, 0.4) is 0 Å². The van der Waals surface area contributed by atoms with Crippen LogP contribution >= 0.6 is 0 Å². The van der Waals surface area contributed by atoms with Crippen LogP contribution in [0.2, 0.25) is 0 Å². The maximum absolute atomic E-state index is 12.1. The van der Waals surface area contributed by atoms with Crippen molar-refractivity contribution in [2.45, 2.75) is 19.8 Å². The number of anilines is 1. The third-order valence-corrected chi connectivity index (χ3v) is 4.51. The maximum atomic E-state index is 12.1. The van der Waals surface area contributed by atoms with Crippen molar-refractivity contribution in [3.8, 4) is 5.69 Å². The monoisotopic (exact) mass is 413 g/mol. The zero-order valence-corrected chi connectivity index (χ0v) is 16.8. The molecule has 30 heavy (non-hydrogen) atoms. The Hall–Kier alpha value is -3.69. The third kappa shape index (κ3) is 4.83. The van der Waals surface area contributed by atoms with Gasteiger partial charge in [0.25, 0.3) is 0 Å². The van der Waals surface area contributed by atoms with Gasteiger partial charge in [-0.3, -0.25) is 14.5 Å². The number of benzene rings is 1. The van der Waals surface area contributed by atoms with Crippen LogP contribution < -0.4 is 5.32 Å². The van der Waals surface area contributed by atoms with E-state index in [4.69, 9.17) is 4.74 Å². The van der Waals surface area contributed by atoms with Gasteiger partial charge in [0.15, 0.2) is 5.69 Å². The van der Waals surface area contributed by atoms with Crippen LogP contribution in [0.15, 0.2) is 36.5 Å². The number of hydrogen-bond donors (Lipinski definition) is 1. The number of ether oxygens (including phenoxy) is 1. The molecule has 4 amide bonds. The van der Waals surface area contributed by atoms with Gasteiger partial charge in [0, 0.05) is 31.9 Å². The van der Waals surface area contributed by atoms with Crippen LogP contribution in [0, 0.1) is 0 Å². The minimum Gasteiger partial charge on any atom is -0.461 e. The second-order valence-corrected chi connectivity index (χ2v) is 6.75. The maximum Gasteiger partial charge on any atom is 0.358 e. The predicted molar refractivity (Wildman–Crippen MR) is 107 cm³/mol. The molecule has 0 radical (unpaired) electrons. The zero-order chi connectivity index (χ0) is 21.7. The molecule has 1 saturated heterocycles. The summed E-state index contributed by atoms with van der Waals surface area (Å²) in [7, 11) is 1.57. The molecule has 0 unspecified atom stereocenters. The quantitative estimate of drug-likeness (QED) is 0.520. The molecule has 1 aliphatic heterocycles. The van der Waals surface area contributed by atoms with Crippen molar-refractivity contribution in [2.75, 3.05) is 32.1 Å². The fraction of sp³-hybridized carbons (Fsp3) is 0.350. The lowest BCUT2D eigenvalue weighted by molar-refractivity contribution is -0.125. The van der Waals surface area contributed by atoms with E-state index in [9.17, 15) is 19.2 Å². The first-order chi connectivity index (χ1) is 14.4. The number of amides is 4. The second kappa shape index (κ2) is 9.21. The smallest absolute Gasteiger partial charge is 0.358 e.